The van der Waals surface area contributed by atoms with E-state index in [0.29, 0.717) is 19.5 Å². The summed E-state index contributed by atoms with van der Waals surface area (Å²) in [6, 6.07) is 6.00. The summed E-state index contributed by atoms with van der Waals surface area (Å²) < 4.78 is 1.05. The van der Waals surface area contributed by atoms with Gasteiger partial charge in [-0.25, -0.2) is 0 Å². The van der Waals surface area contributed by atoms with Gasteiger partial charge in [-0.2, -0.15) is 0 Å². The fraction of sp³-hybridized carbons (Fsp3) is 0.364. The quantitative estimate of drug-likeness (QED) is 0.876. The summed E-state index contributed by atoms with van der Waals surface area (Å²) in [4.78, 5) is 11.2. The minimum absolute atomic E-state index is 0.000168. The topological polar surface area (TPSA) is 55.1 Å². The number of hydrogen-bond acceptors (Lipinski definition) is 2. The van der Waals surface area contributed by atoms with Gasteiger partial charge in [0, 0.05) is 24.0 Å². The third kappa shape index (κ3) is 4.01. The van der Waals surface area contributed by atoms with Gasteiger partial charge in [-0.3, -0.25) is 4.79 Å². The van der Waals surface area contributed by atoms with Crippen molar-refractivity contribution >= 4 is 21.8 Å². The lowest BCUT2D eigenvalue weighted by molar-refractivity contribution is -0.121. The Morgan fingerprint density at radius 3 is 2.87 bits per heavy atom. The van der Waals surface area contributed by atoms with E-state index in [9.17, 15) is 4.79 Å². The molecule has 1 aromatic carbocycles. The number of aryl methyl sites for hydroxylation is 1. The van der Waals surface area contributed by atoms with Crippen LogP contribution in [0.5, 0.6) is 0 Å². The molecule has 3 nitrogen and oxygen atoms in total. The highest BCUT2D eigenvalue weighted by Crippen LogP contribution is 2.15. The monoisotopic (exact) mass is 270 g/mol. The average Bonchev–Trinajstić information content (AvgIpc) is 2.17. The molecule has 0 saturated heterocycles. The molecule has 1 aromatic rings. The Kier molecular flexibility index (Phi) is 4.78. The van der Waals surface area contributed by atoms with E-state index < -0.39 is 0 Å². The summed E-state index contributed by atoms with van der Waals surface area (Å²) >= 11 is 3.40. The van der Waals surface area contributed by atoms with Crippen LogP contribution in [-0.2, 0) is 11.3 Å². The average molecular weight is 271 g/mol. The molecule has 0 saturated carbocycles. The molecule has 3 N–H and O–H groups in total. The second-order valence-electron chi connectivity index (χ2n) is 3.39. The molecule has 0 spiro atoms. The van der Waals surface area contributed by atoms with Crippen molar-refractivity contribution in [2.24, 2.45) is 5.73 Å². The molecule has 1 amide bonds. The Hall–Kier alpha value is -0.870. The highest BCUT2D eigenvalue weighted by atomic mass is 79.9. The molecular weight excluding hydrogens is 256 g/mol. The van der Waals surface area contributed by atoms with E-state index in [0.717, 1.165) is 15.6 Å². The van der Waals surface area contributed by atoms with Crippen LogP contribution in [0, 0.1) is 6.92 Å². The van der Waals surface area contributed by atoms with Crippen LogP contribution < -0.4 is 11.1 Å². The molecule has 4 heteroatoms. The predicted molar refractivity (Wildman–Crippen MR) is 64.4 cm³/mol. The van der Waals surface area contributed by atoms with Crippen LogP contribution in [0.1, 0.15) is 17.5 Å². The molecule has 0 bridgehead atoms. The second kappa shape index (κ2) is 5.88. The Morgan fingerprint density at radius 2 is 2.27 bits per heavy atom. The van der Waals surface area contributed by atoms with Crippen LogP contribution in [-0.4, -0.2) is 12.5 Å². The molecule has 0 heterocycles. The fourth-order valence-corrected chi connectivity index (χ4v) is 1.75. The fourth-order valence-electron chi connectivity index (χ4n) is 1.27. The standard InChI is InChI=1S/C11H15BrN2O/c1-8-6-10(12)3-2-9(8)7-14-11(15)4-5-13/h2-3,6H,4-5,7,13H2,1H3,(H,14,15). The minimum atomic E-state index is -0.000168. The maximum absolute atomic E-state index is 11.2. The van der Waals surface area contributed by atoms with Crippen LogP contribution in [0.3, 0.4) is 0 Å². The zero-order valence-electron chi connectivity index (χ0n) is 8.72. The molecule has 15 heavy (non-hydrogen) atoms. The molecule has 0 aliphatic rings. The first-order chi connectivity index (χ1) is 7.13. The van der Waals surface area contributed by atoms with Crippen LogP contribution in [0.15, 0.2) is 22.7 Å². The van der Waals surface area contributed by atoms with E-state index >= 15 is 0 Å². The van der Waals surface area contributed by atoms with E-state index in [1.807, 2.05) is 25.1 Å². The maximum atomic E-state index is 11.2. The van der Waals surface area contributed by atoms with Gasteiger partial charge in [0.05, 0.1) is 0 Å². The second-order valence-corrected chi connectivity index (χ2v) is 4.30. The van der Waals surface area contributed by atoms with E-state index in [1.54, 1.807) is 0 Å². The van der Waals surface area contributed by atoms with Crippen molar-refractivity contribution in [2.75, 3.05) is 6.54 Å². The third-order valence-electron chi connectivity index (χ3n) is 2.15. The van der Waals surface area contributed by atoms with Gasteiger partial charge in [-0.05, 0) is 30.2 Å². The summed E-state index contributed by atoms with van der Waals surface area (Å²) in [5, 5.41) is 2.83. The molecule has 0 radical (unpaired) electrons. The molecule has 0 aromatic heterocycles. The molecule has 82 valence electrons. The van der Waals surface area contributed by atoms with E-state index in [1.165, 1.54) is 0 Å². The Balaban J connectivity index is 2.54. The van der Waals surface area contributed by atoms with Crippen LogP contribution in [0.25, 0.3) is 0 Å². The SMILES string of the molecule is Cc1cc(Br)ccc1CNC(=O)CCN. The highest BCUT2D eigenvalue weighted by molar-refractivity contribution is 9.10. The van der Waals surface area contributed by atoms with Gasteiger partial charge < -0.3 is 11.1 Å². The van der Waals surface area contributed by atoms with Crippen molar-refractivity contribution in [1.29, 1.82) is 0 Å². The molecule has 0 unspecified atom stereocenters. The van der Waals surface area contributed by atoms with Crippen molar-refractivity contribution < 1.29 is 4.79 Å². The first-order valence-electron chi connectivity index (χ1n) is 4.85. The summed E-state index contributed by atoms with van der Waals surface area (Å²) in [6.07, 6.45) is 0.384. The normalized spacial score (nSPS) is 10.1. The van der Waals surface area contributed by atoms with Gasteiger partial charge in [0.25, 0.3) is 0 Å². The van der Waals surface area contributed by atoms with Crippen LogP contribution in [0.4, 0.5) is 0 Å². The van der Waals surface area contributed by atoms with Gasteiger partial charge in [0.1, 0.15) is 0 Å². The van der Waals surface area contributed by atoms with Crippen molar-refractivity contribution in [2.45, 2.75) is 19.9 Å². The summed E-state index contributed by atoms with van der Waals surface area (Å²) in [5.41, 5.74) is 7.57. The zero-order valence-corrected chi connectivity index (χ0v) is 10.3. The number of nitrogens with two attached hydrogens (primary N) is 1. The van der Waals surface area contributed by atoms with Gasteiger partial charge >= 0.3 is 0 Å². The lowest BCUT2D eigenvalue weighted by Gasteiger charge is -2.07. The van der Waals surface area contributed by atoms with Crippen molar-refractivity contribution in [3.05, 3.63) is 33.8 Å². The van der Waals surface area contributed by atoms with Gasteiger partial charge in [0.2, 0.25) is 5.91 Å². The van der Waals surface area contributed by atoms with Gasteiger partial charge in [-0.1, -0.05) is 22.0 Å². The van der Waals surface area contributed by atoms with E-state index in [2.05, 4.69) is 21.2 Å². The number of rotatable bonds is 4. The van der Waals surface area contributed by atoms with Crippen molar-refractivity contribution in [3.63, 3.8) is 0 Å². The van der Waals surface area contributed by atoms with E-state index in [-0.39, 0.29) is 5.91 Å². The first-order valence-corrected chi connectivity index (χ1v) is 5.64. The van der Waals surface area contributed by atoms with Crippen molar-refractivity contribution in [1.82, 2.24) is 5.32 Å². The van der Waals surface area contributed by atoms with Crippen molar-refractivity contribution in [3.8, 4) is 0 Å². The minimum Gasteiger partial charge on any atom is -0.352 e. The number of halogens is 1. The molecule has 0 atom stereocenters. The maximum Gasteiger partial charge on any atom is 0.221 e. The third-order valence-corrected chi connectivity index (χ3v) is 2.65. The zero-order chi connectivity index (χ0) is 11.3. The lowest BCUT2D eigenvalue weighted by atomic mass is 10.1. The highest BCUT2D eigenvalue weighted by Gasteiger charge is 2.02. The number of carbonyl (C=O) groups excluding carboxylic acids is 1. The van der Waals surface area contributed by atoms with E-state index in [4.69, 9.17) is 5.73 Å². The van der Waals surface area contributed by atoms with Crippen LogP contribution >= 0.6 is 15.9 Å². The number of benzene rings is 1. The smallest absolute Gasteiger partial charge is 0.221 e. The summed E-state index contributed by atoms with van der Waals surface area (Å²) in [6.45, 7) is 2.98. The number of hydrogen-bond donors (Lipinski definition) is 2. The summed E-state index contributed by atoms with van der Waals surface area (Å²) in [5.74, 6) is -0.000168. The Labute approximate surface area is 98.2 Å². The van der Waals surface area contributed by atoms with Gasteiger partial charge in [0.15, 0.2) is 0 Å². The number of amides is 1. The number of carbonyl (C=O) groups is 1. The molecule has 0 aliphatic carbocycles. The molecule has 1 rings (SSSR count). The summed E-state index contributed by atoms with van der Waals surface area (Å²) in [7, 11) is 0. The molecular formula is C11H15BrN2O. The lowest BCUT2D eigenvalue weighted by Crippen LogP contribution is -2.25. The van der Waals surface area contributed by atoms with Gasteiger partial charge in [-0.15, -0.1) is 0 Å². The largest absolute Gasteiger partial charge is 0.352 e. The predicted octanol–water partition coefficient (Wildman–Crippen LogP) is 1.72. The Bertz CT molecular complexity index is 352. The molecule has 0 aliphatic heterocycles. The number of nitrogens with one attached hydrogen (secondary N) is 1. The molecule has 0 fully saturated rings. The Morgan fingerprint density at radius 1 is 1.53 bits per heavy atom. The van der Waals surface area contributed by atoms with Crippen LogP contribution in [0.2, 0.25) is 0 Å². The first kappa shape index (κ1) is 12.2.